The van der Waals surface area contributed by atoms with Gasteiger partial charge in [0.15, 0.2) is 18.1 Å². The van der Waals surface area contributed by atoms with E-state index in [1.165, 1.54) is 4.68 Å². The summed E-state index contributed by atoms with van der Waals surface area (Å²) in [5, 5.41) is 6.74. The molecule has 0 fully saturated rings. The van der Waals surface area contributed by atoms with Crippen LogP contribution in [0.2, 0.25) is 0 Å². The van der Waals surface area contributed by atoms with Crippen LogP contribution in [0.25, 0.3) is 0 Å². The number of amides is 1. The number of nitrogens with zero attached hydrogens (tertiary/aromatic N) is 2. The fraction of sp³-hybridized carbons (Fsp3) is 0.400. The minimum absolute atomic E-state index is 0.200. The molecule has 0 bridgehead atoms. The van der Waals surface area contributed by atoms with Crippen LogP contribution in [-0.2, 0) is 27.8 Å². The molecule has 1 amide bonds. The zero-order valence-corrected chi connectivity index (χ0v) is 17.2. The van der Waals surface area contributed by atoms with Crippen molar-refractivity contribution in [3.05, 3.63) is 40.7 Å². The number of nitrogens with one attached hydrogen (secondary N) is 1. The Bertz CT molecular complexity index is 919. The van der Waals surface area contributed by atoms with Crippen LogP contribution >= 0.6 is 0 Å². The minimum Gasteiger partial charge on any atom is -0.493 e. The monoisotopic (exact) mass is 403 g/mol. The van der Waals surface area contributed by atoms with Crippen LogP contribution < -0.4 is 14.8 Å². The number of carbonyl (C=O) groups excluding carboxylic acids is 3. The number of aromatic nitrogens is 2. The van der Waals surface area contributed by atoms with Gasteiger partial charge in [-0.2, -0.15) is 5.10 Å². The Balaban J connectivity index is 1.81. The Kier molecular flexibility index (Phi) is 7.35. The molecule has 1 heterocycles. The molecule has 9 heteroatoms. The highest BCUT2D eigenvalue weighted by atomic mass is 16.5. The van der Waals surface area contributed by atoms with E-state index in [9.17, 15) is 14.4 Å². The zero-order valence-electron chi connectivity index (χ0n) is 17.2. The van der Waals surface area contributed by atoms with Gasteiger partial charge in [0, 0.05) is 19.3 Å². The molecule has 0 saturated carbocycles. The van der Waals surface area contributed by atoms with E-state index in [0.29, 0.717) is 35.9 Å². The molecule has 1 aromatic heterocycles. The lowest BCUT2D eigenvalue weighted by molar-refractivity contribution is -0.143. The smallest absolute Gasteiger partial charge is 0.380 e. The molecule has 2 aromatic rings. The number of benzene rings is 1. The van der Waals surface area contributed by atoms with Gasteiger partial charge in [0.1, 0.15) is 0 Å². The molecule has 0 aliphatic rings. The maximum atomic E-state index is 12.2. The van der Waals surface area contributed by atoms with Gasteiger partial charge < -0.3 is 19.5 Å². The number of aryl methyl sites for hydroxylation is 2. The normalized spacial score (nSPS) is 10.4. The van der Waals surface area contributed by atoms with Crippen molar-refractivity contribution in [3.63, 3.8) is 0 Å². The number of hydrogen-bond acceptors (Lipinski definition) is 7. The Hall–Kier alpha value is -3.36. The van der Waals surface area contributed by atoms with Crippen LogP contribution in [-0.4, -0.2) is 54.8 Å². The summed E-state index contributed by atoms with van der Waals surface area (Å²) in [6.45, 7) is 3.12. The fourth-order valence-corrected chi connectivity index (χ4v) is 2.83. The van der Waals surface area contributed by atoms with Crippen LogP contribution in [0.1, 0.15) is 27.3 Å². The second-order valence-electron chi connectivity index (χ2n) is 6.36. The molecule has 0 aliphatic heterocycles. The number of ether oxygens (including phenoxy) is 3. The molecule has 0 spiro atoms. The summed E-state index contributed by atoms with van der Waals surface area (Å²) >= 11 is 0. The van der Waals surface area contributed by atoms with Gasteiger partial charge in [0.25, 0.3) is 11.7 Å². The predicted molar refractivity (Wildman–Crippen MR) is 104 cm³/mol. The summed E-state index contributed by atoms with van der Waals surface area (Å²) in [7, 11) is 4.78. The number of rotatable bonds is 9. The van der Waals surface area contributed by atoms with Crippen molar-refractivity contribution in [2.45, 2.75) is 20.3 Å². The summed E-state index contributed by atoms with van der Waals surface area (Å²) in [5.41, 5.74) is 2.14. The zero-order chi connectivity index (χ0) is 21.6. The van der Waals surface area contributed by atoms with E-state index in [0.717, 1.165) is 5.56 Å². The van der Waals surface area contributed by atoms with Crippen molar-refractivity contribution < 1.29 is 28.6 Å². The van der Waals surface area contributed by atoms with E-state index in [1.807, 2.05) is 12.1 Å². The second kappa shape index (κ2) is 9.72. The predicted octanol–water partition coefficient (Wildman–Crippen LogP) is 1.14. The van der Waals surface area contributed by atoms with Gasteiger partial charge >= 0.3 is 5.97 Å². The van der Waals surface area contributed by atoms with Crippen LogP contribution in [0, 0.1) is 13.8 Å². The largest absolute Gasteiger partial charge is 0.493 e. The first-order valence-electron chi connectivity index (χ1n) is 8.97. The topological polar surface area (TPSA) is 109 Å². The van der Waals surface area contributed by atoms with Gasteiger partial charge in [0.2, 0.25) is 0 Å². The molecule has 0 aliphatic carbocycles. The van der Waals surface area contributed by atoms with E-state index in [2.05, 4.69) is 10.4 Å². The number of esters is 1. The highest BCUT2D eigenvalue weighted by Gasteiger charge is 2.25. The lowest BCUT2D eigenvalue weighted by Crippen LogP contribution is -2.32. The minimum atomic E-state index is -1.08. The molecule has 0 saturated heterocycles. The van der Waals surface area contributed by atoms with E-state index < -0.39 is 24.3 Å². The summed E-state index contributed by atoms with van der Waals surface area (Å²) in [4.78, 5) is 36.1. The van der Waals surface area contributed by atoms with Gasteiger partial charge in [-0.1, -0.05) is 6.07 Å². The van der Waals surface area contributed by atoms with Crippen molar-refractivity contribution >= 4 is 17.7 Å². The van der Waals surface area contributed by atoms with Crippen molar-refractivity contribution in [3.8, 4) is 11.5 Å². The van der Waals surface area contributed by atoms with Crippen molar-refractivity contribution in [1.82, 2.24) is 15.1 Å². The Morgan fingerprint density at radius 1 is 1.10 bits per heavy atom. The Labute approximate surface area is 168 Å². The van der Waals surface area contributed by atoms with Crippen molar-refractivity contribution in [2.24, 2.45) is 7.05 Å². The fourth-order valence-electron chi connectivity index (χ4n) is 2.83. The highest BCUT2D eigenvalue weighted by Crippen LogP contribution is 2.27. The number of hydrogen-bond donors (Lipinski definition) is 1. The van der Waals surface area contributed by atoms with Crippen LogP contribution in [0.3, 0.4) is 0 Å². The summed E-state index contributed by atoms with van der Waals surface area (Å²) in [5.74, 6) is -1.17. The lowest BCUT2D eigenvalue weighted by Gasteiger charge is -2.10. The lowest BCUT2D eigenvalue weighted by atomic mass is 10.1. The average Bonchev–Trinajstić information content (AvgIpc) is 2.96. The van der Waals surface area contributed by atoms with Crippen LogP contribution in [0.4, 0.5) is 0 Å². The maximum Gasteiger partial charge on any atom is 0.380 e. The van der Waals surface area contributed by atoms with E-state index >= 15 is 0 Å². The maximum absolute atomic E-state index is 12.2. The van der Waals surface area contributed by atoms with Gasteiger partial charge in [-0.15, -0.1) is 0 Å². The molecule has 1 N–H and O–H groups in total. The first kappa shape index (κ1) is 21.9. The number of methoxy groups -OCH3 is 2. The number of ketones is 1. The third-order valence-corrected chi connectivity index (χ3v) is 4.44. The summed E-state index contributed by atoms with van der Waals surface area (Å²) < 4.78 is 16.8. The van der Waals surface area contributed by atoms with Crippen LogP contribution in [0.15, 0.2) is 18.2 Å². The molecule has 0 unspecified atom stereocenters. The molecule has 1 aromatic carbocycles. The first-order valence-corrected chi connectivity index (χ1v) is 8.97. The Morgan fingerprint density at radius 2 is 1.79 bits per heavy atom. The molecular formula is C20H25N3O6. The van der Waals surface area contributed by atoms with Gasteiger partial charge in [-0.3, -0.25) is 14.3 Å². The molecular weight excluding hydrogens is 378 g/mol. The van der Waals surface area contributed by atoms with Gasteiger partial charge in [-0.05, 0) is 38.0 Å². The van der Waals surface area contributed by atoms with E-state index in [4.69, 9.17) is 14.2 Å². The summed E-state index contributed by atoms with van der Waals surface area (Å²) in [6, 6.07) is 5.47. The first-order chi connectivity index (χ1) is 13.8. The molecule has 29 heavy (non-hydrogen) atoms. The molecule has 0 atom stereocenters. The molecule has 9 nitrogen and oxygen atoms in total. The van der Waals surface area contributed by atoms with Gasteiger partial charge in [-0.25, -0.2) is 4.79 Å². The quantitative estimate of drug-likeness (QED) is 0.380. The second-order valence-corrected chi connectivity index (χ2v) is 6.36. The van der Waals surface area contributed by atoms with E-state index in [1.54, 1.807) is 41.2 Å². The van der Waals surface area contributed by atoms with Gasteiger partial charge in [0.05, 0.1) is 25.5 Å². The SMILES string of the molecule is COc1ccc(CCNC(=O)COC(=O)C(=O)c2c(C)nn(C)c2C)cc1OC. The van der Waals surface area contributed by atoms with Crippen molar-refractivity contribution in [2.75, 3.05) is 27.4 Å². The number of Topliss-reactive ketones (excluding diaryl/α,β-unsaturated/α-hetero) is 1. The highest BCUT2D eigenvalue weighted by molar-refractivity contribution is 6.41. The summed E-state index contributed by atoms with van der Waals surface area (Å²) in [6.07, 6.45) is 0.549. The third-order valence-electron chi connectivity index (χ3n) is 4.44. The molecule has 0 radical (unpaired) electrons. The third kappa shape index (κ3) is 5.34. The Morgan fingerprint density at radius 3 is 2.38 bits per heavy atom. The average molecular weight is 403 g/mol. The van der Waals surface area contributed by atoms with E-state index in [-0.39, 0.29) is 5.56 Å². The standard InChI is InChI=1S/C20H25N3O6/c1-12-18(13(2)23(3)22-12)19(25)20(26)29-11-17(24)21-9-8-14-6-7-15(27-4)16(10-14)28-5/h6-7,10H,8-9,11H2,1-5H3,(H,21,24). The molecule has 156 valence electrons. The van der Waals surface area contributed by atoms with Crippen molar-refractivity contribution in [1.29, 1.82) is 0 Å². The van der Waals surface area contributed by atoms with Crippen LogP contribution in [0.5, 0.6) is 11.5 Å². The molecule has 2 rings (SSSR count). The number of carbonyl (C=O) groups is 3.